The Morgan fingerprint density at radius 2 is 1.37 bits per heavy atom. The van der Waals surface area contributed by atoms with Crippen molar-refractivity contribution in [3.8, 4) is 0 Å². The van der Waals surface area contributed by atoms with Gasteiger partial charge in [0.1, 0.15) is 4.90 Å². The Labute approximate surface area is 159 Å². The van der Waals surface area contributed by atoms with Crippen molar-refractivity contribution < 1.29 is 34.8 Å². The highest BCUT2D eigenvalue weighted by Crippen LogP contribution is 2.36. The van der Waals surface area contributed by atoms with Gasteiger partial charge in [0.05, 0.1) is 16.1 Å². The fraction of sp³-hybridized carbons (Fsp3) is 0.200. The van der Waals surface area contributed by atoms with Crippen LogP contribution in [0.1, 0.15) is 16.7 Å². The summed E-state index contributed by atoms with van der Waals surface area (Å²) in [6.07, 6.45) is -10.1. The molecule has 0 radical (unpaired) electrons. The van der Waals surface area contributed by atoms with Gasteiger partial charge in [-0.15, -0.1) is 0 Å². The van der Waals surface area contributed by atoms with Crippen LogP contribution < -0.4 is 4.72 Å². The van der Waals surface area contributed by atoms with Crippen LogP contribution in [-0.4, -0.2) is 8.42 Å². The van der Waals surface area contributed by atoms with Crippen molar-refractivity contribution in [2.45, 2.75) is 23.8 Å². The maximum absolute atomic E-state index is 12.8. The van der Waals surface area contributed by atoms with Crippen LogP contribution in [-0.2, 0) is 28.9 Å². The van der Waals surface area contributed by atoms with Gasteiger partial charge in [-0.2, -0.15) is 26.3 Å². The topological polar surface area (TPSA) is 46.2 Å². The molecular weight excluding hydrogens is 443 g/mol. The van der Waals surface area contributed by atoms with Crippen molar-refractivity contribution >= 4 is 33.2 Å². The second-order valence-electron chi connectivity index (χ2n) is 5.31. The number of alkyl halides is 6. The summed E-state index contributed by atoms with van der Waals surface area (Å²) in [5.74, 6) is 0. The number of nitrogens with one attached hydrogen (secondary N) is 1. The average molecular weight is 452 g/mol. The van der Waals surface area contributed by atoms with Crippen molar-refractivity contribution in [2.75, 3.05) is 0 Å². The quantitative estimate of drug-likeness (QED) is 0.623. The van der Waals surface area contributed by atoms with E-state index in [1.807, 2.05) is 4.72 Å². The Bertz CT molecular complexity index is 926. The highest BCUT2D eigenvalue weighted by atomic mass is 35.5. The fourth-order valence-corrected chi connectivity index (χ4v) is 3.84. The van der Waals surface area contributed by atoms with Gasteiger partial charge in [0.2, 0.25) is 10.0 Å². The summed E-state index contributed by atoms with van der Waals surface area (Å²) >= 11 is 11.4. The van der Waals surface area contributed by atoms with Gasteiger partial charge < -0.3 is 0 Å². The minimum atomic E-state index is -5.04. The molecule has 0 saturated carbocycles. The van der Waals surface area contributed by atoms with Crippen LogP contribution in [0.5, 0.6) is 0 Å². The zero-order valence-corrected chi connectivity index (χ0v) is 15.2. The largest absolute Gasteiger partial charge is 0.416 e. The zero-order chi connectivity index (χ0) is 20.6. The maximum atomic E-state index is 12.8. The van der Waals surface area contributed by atoms with Gasteiger partial charge >= 0.3 is 12.4 Å². The molecule has 0 aliphatic heterocycles. The highest BCUT2D eigenvalue weighted by molar-refractivity contribution is 7.89. The molecule has 27 heavy (non-hydrogen) atoms. The lowest BCUT2D eigenvalue weighted by molar-refractivity contribution is -0.143. The molecule has 2 aromatic rings. The standard InChI is InChI=1S/C15H9Cl2F6NO2S/c16-11-1-2-12(17)13(6-11)27(25,26)24-7-8-3-9(14(18,19)20)5-10(4-8)15(21,22)23/h1-6,24H,7H2. The van der Waals surface area contributed by atoms with E-state index in [1.165, 1.54) is 12.1 Å². The van der Waals surface area contributed by atoms with E-state index in [0.29, 0.717) is 12.1 Å². The Hall–Kier alpha value is -1.49. The van der Waals surface area contributed by atoms with E-state index < -0.39 is 50.5 Å². The van der Waals surface area contributed by atoms with E-state index in [0.717, 1.165) is 6.07 Å². The molecule has 1 N–H and O–H groups in total. The fourth-order valence-electron chi connectivity index (χ4n) is 2.06. The van der Waals surface area contributed by atoms with Crippen molar-refractivity contribution in [3.05, 3.63) is 63.1 Å². The van der Waals surface area contributed by atoms with E-state index in [1.54, 1.807) is 0 Å². The normalized spacial score (nSPS) is 13.0. The predicted molar refractivity (Wildman–Crippen MR) is 86.9 cm³/mol. The van der Waals surface area contributed by atoms with E-state index >= 15 is 0 Å². The highest BCUT2D eigenvalue weighted by Gasteiger charge is 2.37. The Balaban J connectivity index is 2.38. The minimum Gasteiger partial charge on any atom is -0.207 e. The summed E-state index contributed by atoms with van der Waals surface area (Å²) in [6, 6.07) is 4.30. The number of rotatable bonds is 4. The van der Waals surface area contributed by atoms with Gasteiger partial charge in [-0.05, 0) is 42.0 Å². The van der Waals surface area contributed by atoms with Gasteiger partial charge in [0.25, 0.3) is 0 Å². The minimum absolute atomic E-state index is 0.0261. The lowest BCUT2D eigenvalue weighted by Crippen LogP contribution is -2.24. The first kappa shape index (κ1) is 21.8. The molecule has 12 heteroatoms. The molecule has 0 amide bonds. The molecule has 3 nitrogen and oxygen atoms in total. The summed E-state index contributed by atoms with van der Waals surface area (Å²) in [6.45, 7) is -0.821. The first-order chi connectivity index (χ1) is 12.2. The van der Waals surface area contributed by atoms with Crippen LogP contribution in [0, 0.1) is 0 Å². The molecule has 0 bridgehead atoms. The van der Waals surface area contributed by atoms with Crippen molar-refractivity contribution in [1.29, 1.82) is 0 Å². The van der Waals surface area contributed by atoms with E-state index in [9.17, 15) is 34.8 Å². The van der Waals surface area contributed by atoms with Crippen LogP contribution >= 0.6 is 23.2 Å². The van der Waals surface area contributed by atoms with Gasteiger partial charge in [-0.3, -0.25) is 0 Å². The second-order valence-corrected chi connectivity index (χ2v) is 7.89. The van der Waals surface area contributed by atoms with Crippen LogP contribution in [0.3, 0.4) is 0 Å². The van der Waals surface area contributed by atoms with E-state index in [2.05, 4.69) is 0 Å². The Kier molecular flexibility index (Phi) is 6.05. The number of hydrogen-bond donors (Lipinski definition) is 1. The summed E-state index contributed by atoms with van der Waals surface area (Å²) in [4.78, 5) is -0.459. The first-order valence-corrected chi connectivity index (χ1v) is 9.17. The van der Waals surface area contributed by atoms with E-state index in [4.69, 9.17) is 23.2 Å². The molecule has 0 aliphatic carbocycles. The summed E-state index contributed by atoms with van der Waals surface area (Å²) < 4.78 is 103. The van der Waals surface area contributed by atoms with Crippen LogP contribution in [0.2, 0.25) is 10.0 Å². The summed E-state index contributed by atoms with van der Waals surface area (Å²) in [5.41, 5.74) is -3.63. The predicted octanol–water partition coefficient (Wildman–Crippen LogP) is 5.51. The molecule has 2 aromatic carbocycles. The first-order valence-electron chi connectivity index (χ1n) is 6.93. The molecular formula is C15H9Cl2F6NO2S. The third kappa shape index (κ3) is 5.50. The SMILES string of the molecule is O=S(=O)(NCc1cc(C(F)(F)F)cc(C(F)(F)F)c1)c1cc(Cl)ccc1Cl. The molecule has 0 aromatic heterocycles. The average Bonchev–Trinajstić information content (AvgIpc) is 2.53. The van der Waals surface area contributed by atoms with Crippen LogP contribution in [0.25, 0.3) is 0 Å². The number of benzene rings is 2. The monoisotopic (exact) mass is 451 g/mol. The second kappa shape index (κ2) is 7.50. The molecule has 0 spiro atoms. The molecule has 0 atom stereocenters. The van der Waals surface area contributed by atoms with Crippen LogP contribution in [0.4, 0.5) is 26.3 Å². The zero-order valence-electron chi connectivity index (χ0n) is 12.9. The molecule has 0 heterocycles. The smallest absolute Gasteiger partial charge is 0.207 e. The Morgan fingerprint density at radius 3 is 1.85 bits per heavy atom. The van der Waals surface area contributed by atoms with E-state index in [-0.39, 0.29) is 16.1 Å². The lowest BCUT2D eigenvalue weighted by Gasteiger charge is -2.15. The van der Waals surface area contributed by atoms with Gasteiger partial charge in [0, 0.05) is 11.6 Å². The third-order valence-electron chi connectivity index (χ3n) is 3.30. The molecule has 0 unspecified atom stereocenters. The van der Waals surface area contributed by atoms with Crippen molar-refractivity contribution in [2.24, 2.45) is 0 Å². The van der Waals surface area contributed by atoms with Crippen LogP contribution in [0.15, 0.2) is 41.3 Å². The van der Waals surface area contributed by atoms with Gasteiger partial charge in [-0.1, -0.05) is 23.2 Å². The van der Waals surface area contributed by atoms with Crippen molar-refractivity contribution in [1.82, 2.24) is 4.72 Å². The maximum Gasteiger partial charge on any atom is 0.416 e. The Morgan fingerprint density at radius 1 is 0.852 bits per heavy atom. The number of sulfonamides is 1. The number of hydrogen-bond acceptors (Lipinski definition) is 2. The number of halogens is 8. The molecule has 148 valence electrons. The molecule has 0 saturated heterocycles. The molecule has 0 aliphatic rings. The van der Waals surface area contributed by atoms with Crippen molar-refractivity contribution in [3.63, 3.8) is 0 Å². The summed E-state index contributed by atoms with van der Waals surface area (Å²) in [5, 5.41) is -0.190. The summed E-state index contributed by atoms with van der Waals surface area (Å²) in [7, 11) is -4.34. The lowest BCUT2D eigenvalue weighted by atomic mass is 10.0. The molecule has 2 rings (SSSR count). The van der Waals surface area contributed by atoms with Gasteiger partial charge in [0.15, 0.2) is 0 Å². The third-order valence-corrected chi connectivity index (χ3v) is 5.41. The molecule has 0 fully saturated rings. The van der Waals surface area contributed by atoms with Gasteiger partial charge in [-0.25, -0.2) is 13.1 Å².